The van der Waals surface area contributed by atoms with Crippen molar-refractivity contribution >= 4 is 5.78 Å². The van der Waals surface area contributed by atoms with Crippen molar-refractivity contribution in [2.75, 3.05) is 26.2 Å². The summed E-state index contributed by atoms with van der Waals surface area (Å²) in [4.78, 5) is 14.5. The Morgan fingerprint density at radius 2 is 1.61 bits per heavy atom. The van der Waals surface area contributed by atoms with Gasteiger partial charge in [-0.2, -0.15) is 0 Å². The lowest BCUT2D eigenvalue weighted by Gasteiger charge is -2.18. The van der Waals surface area contributed by atoms with Gasteiger partial charge in [0.25, 0.3) is 0 Å². The van der Waals surface area contributed by atoms with Gasteiger partial charge in [-0.3, -0.25) is 4.79 Å². The molecule has 0 bridgehead atoms. The summed E-state index contributed by atoms with van der Waals surface area (Å²) in [6.45, 7) is 8.01. The van der Waals surface area contributed by atoms with Gasteiger partial charge in [0, 0.05) is 18.5 Å². The molecule has 0 radical (unpaired) electrons. The molecule has 0 saturated heterocycles. The van der Waals surface area contributed by atoms with Gasteiger partial charge in [-0.25, -0.2) is 0 Å². The Balaban J connectivity index is 1.84. The van der Waals surface area contributed by atoms with Gasteiger partial charge in [0.15, 0.2) is 5.78 Å². The first-order chi connectivity index (χ1) is 11.2. The van der Waals surface area contributed by atoms with Gasteiger partial charge in [-0.1, -0.05) is 56.3 Å². The minimum absolute atomic E-state index is 0.140. The molecule has 0 heterocycles. The molecular weight excluding hydrogens is 286 g/mol. The van der Waals surface area contributed by atoms with Crippen LogP contribution in [0.25, 0.3) is 0 Å². The predicted octanol–water partition coefficient (Wildman–Crippen LogP) is 3.83. The molecule has 2 rings (SSSR count). The van der Waals surface area contributed by atoms with Gasteiger partial charge in [0.1, 0.15) is 12.4 Å². The zero-order chi connectivity index (χ0) is 16.5. The van der Waals surface area contributed by atoms with Crippen molar-refractivity contribution in [2.45, 2.75) is 20.3 Å². The highest BCUT2D eigenvalue weighted by atomic mass is 16.5. The van der Waals surface area contributed by atoms with Crippen LogP contribution in [0.15, 0.2) is 54.6 Å². The summed E-state index contributed by atoms with van der Waals surface area (Å²) in [7, 11) is 0. The monoisotopic (exact) mass is 311 g/mol. The molecule has 0 fully saturated rings. The third kappa shape index (κ3) is 5.53. The van der Waals surface area contributed by atoms with Crippen LogP contribution in [0.2, 0.25) is 0 Å². The van der Waals surface area contributed by atoms with E-state index in [-0.39, 0.29) is 5.78 Å². The maximum atomic E-state index is 12.2. The molecule has 23 heavy (non-hydrogen) atoms. The third-order valence-electron chi connectivity index (χ3n) is 3.95. The average molecular weight is 311 g/mol. The normalized spacial score (nSPS) is 10.7. The summed E-state index contributed by atoms with van der Waals surface area (Å²) in [5, 5.41) is 0. The maximum absolute atomic E-state index is 12.2. The lowest BCUT2D eigenvalue weighted by molar-refractivity contribution is 0.0993. The molecular formula is C20H25NO2. The number of ether oxygens (including phenoxy) is 1. The Morgan fingerprint density at radius 1 is 0.957 bits per heavy atom. The first-order valence-electron chi connectivity index (χ1n) is 8.25. The SMILES string of the molecule is CCN(CC)CCOc1ccc(CC(=O)c2ccccc2)cc1. The van der Waals surface area contributed by atoms with Crippen LogP contribution in [-0.4, -0.2) is 36.9 Å². The number of hydrogen-bond acceptors (Lipinski definition) is 3. The number of carbonyl (C=O) groups is 1. The van der Waals surface area contributed by atoms with Crippen molar-refractivity contribution in [3.05, 3.63) is 65.7 Å². The van der Waals surface area contributed by atoms with E-state index >= 15 is 0 Å². The van der Waals surface area contributed by atoms with Crippen LogP contribution >= 0.6 is 0 Å². The minimum atomic E-state index is 0.140. The Labute approximate surface area is 138 Å². The van der Waals surface area contributed by atoms with Crippen LogP contribution in [0.3, 0.4) is 0 Å². The fourth-order valence-corrected chi connectivity index (χ4v) is 2.45. The zero-order valence-corrected chi connectivity index (χ0v) is 14.0. The van der Waals surface area contributed by atoms with Gasteiger partial charge in [0.05, 0.1) is 0 Å². The molecule has 0 unspecified atom stereocenters. The molecule has 122 valence electrons. The molecule has 2 aromatic carbocycles. The average Bonchev–Trinajstić information content (AvgIpc) is 2.61. The highest BCUT2D eigenvalue weighted by Gasteiger charge is 2.06. The number of carbonyl (C=O) groups excluding carboxylic acids is 1. The Kier molecular flexibility index (Phi) is 6.82. The number of ketones is 1. The molecule has 0 N–H and O–H groups in total. The summed E-state index contributed by atoms with van der Waals surface area (Å²) >= 11 is 0. The lowest BCUT2D eigenvalue weighted by Crippen LogP contribution is -2.27. The Bertz CT molecular complexity index is 589. The fourth-order valence-electron chi connectivity index (χ4n) is 2.45. The summed E-state index contributed by atoms with van der Waals surface area (Å²) in [6.07, 6.45) is 0.420. The molecule has 3 nitrogen and oxygen atoms in total. The second kappa shape index (κ2) is 9.11. The molecule has 0 atom stereocenters. The summed E-state index contributed by atoms with van der Waals surface area (Å²) in [6, 6.07) is 17.2. The number of rotatable bonds is 9. The number of Topliss-reactive ketones (excluding diaryl/α,β-unsaturated/α-hetero) is 1. The molecule has 0 aromatic heterocycles. The molecule has 0 aliphatic carbocycles. The molecule has 0 aliphatic heterocycles. The van der Waals surface area contributed by atoms with E-state index in [1.54, 1.807) is 0 Å². The molecule has 0 aliphatic rings. The van der Waals surface area contributed by atoms with Gasteiger partial charge >= 0.3 is 0 Å². The first kappa shape index (κ1) is 17.2. The minimum Gasteiger partial charge on any atom is -0.492 e. The van der Waals surface area contributed by atoms with Crippen LogP contribution in [0, 0.1) is 0 Å². The second-order valence-electron chi connectivity index (χ2n) is 5.49. The van der Waals surface area contributed by atoms with E-state index in [1.807, 2.05) is 54.6 Å². The van der Waals surface area contributed by atoms with Crippen LogP contribution < -0.4 is 4.74 Å². The van der Waals surface area contributed by atoms with Crippen molar-refractivity contribution < 1.29 is 9.53 Å². The number of hydrogen-bond donors (Lipinski definition) is 0. The molecule has 2 aromatic rings. The molecule has 0 amide bonds. The number of benzene rings is 2. The molecule has 0 spiro atoms. The fraction of sp³-hybridized carbons (Fsp3) is 0.350. The van der Waals surface area contributed by atoms with Crippen molar-refractivity contribution in [3.8, 4) is 5.75 Å². The Hall–Kier alpha value is -2.13. The van der Waals surface area contributed by atoms with Gasteiger partial charge < -0.3 is 9.64 Å². The highest BCUT2D eigenvalue weighted by molar-refractivity contribution is 5.97. The quantitative estimate of drug-likeness (QED) is 0.659. The van der Waals surface area contributed by atoms with Crippen molar-refractivity contribution in [3.63, 3.8) is 0 Å². The van der Waals surface area contributed by atoms with Crippen molar-refractivity contribution in [1.29, 1.82) is 0 Å². The standard InChI is InChI=1S/C20H25NO2/c1-3-21(4-2)14-15-23-19-12-10-17(11-13-19)16-20(22)18-8-6-5-7-9-18/h5-13H,3-4,14-16H2,1-2H3. The highest BCUT2D eigenvalue weighted by Crippen LogP contribution is 2.14. The van der Waals surface area contributed by atoms with Crippen molar-refractivity contribution in [2.24, 2.45) is 0 Å². The molecule has 0 saturated carbocycles. The van der Waals surface area contributed by atoms with Crippen LogP contribution in [0.4, 0.5) is 0 Å². The number of likely N-dealkylation sites (N-methyl/N-ethyl adjacent to an activating group) is 1. The Morgan fingerprint density at radius 3 is 2.22 bits per heavy atom. The topological polar surface area (TPSA) is 29.5 Å². The smallest absolute Gasteiger partial charge is 0.167 e. The first-order valence-corrected chi connectivity index (χ1v) is 8.25. The lowest BCUT2D eigenvalue weighted by atomic mass is 10.0. The van der Waals surface area contributed by atoms with Crippen LogP contribution in [-0.2, 0) is 6.42 Å². The van der Waals surface area contributed by atoms with Gasteiger partial charge in [-0.05, 0) is 30.8 Å². The van der Waals surface area contributed by atoms with E-state index in [4.69, 9.17) is 4.74 Å². The summed E-state index contributed by atoms with van der Waals surface area (Å²) in [5.74, 6) is 0.994. The number of nitrogens with zero attached hydrogens (tertiary/aromatic N) is 1. The van der Waals surface area contributed by atoms with E-state index in [2.05, 4.69) is 18.7 Å². The van der Waals surface area contributed by atoms with E-state index in [9.17, 15) is 4.79 Å². The maximum Gasteiger partial charge on any atom is 0.167 e. The van der Waals surface area contributed by atoms with Crippen molar-refractivity contribution in [1.82, 2.24) is 4.90 Å². The van der Waals surface area contributed by atoms with E-state index in [1.165, 1.54) is 0 Å². The summed E-state index contributed by atoms with van der Waals surface area (Å²) in [5.41, 5.74) is 1.77. The largest absolute Gasteiger partial charge is 0.492 e. The predicted molar refractivity (Wildman–Crippen MR) is 94.2 cm³/mol. The van der Waals surface area contributed by atoms with Gasteiger partial charge in [0.2, 0.25) is 0 Å². The second-order valence-corrected chi connectivity index (χ2v) is 5.49. The van der Waals surface area contributed by atoms with E-state index in [0.717, 1.165) is 36.5 Å². The van der Waals surface area contributed by atoms with E-state index < -0.39 is 0 Å². The molecule has 3 heteroatoms. The van der Waals surface area contributed by atoms with Crippen LogP contribution in [0.1, 0.15) is 29.8 Å². The third-order valence-corrected chi connectivity index (χ3v) is 3.95. The van der Waals surface area contributed by atoms with Gasteiger partial charge in [-0.15, -0.1) is 0 Å². The zero-order valence-electron chi connectivity index (χ0n) is 14.0. The van der Waals surface area contributed by atoms with E-state index in [0.29, 0.717) is 13.0 Å². The summed E-state index contributed by atoms with van der Waals surface area (Å²) < 4.78 is 5.76. The van der Waals surface area contributed by atoms with Crippen LogP contribution in [0.5, 0.6) is 5.75 Å².